The molecule has 6 heteroatoms. The number of methoxy groups -OCH3 is 1. The molecule has 0 aliphatic rings. The number of rotatable bonds is 4. The summed E-state index contributed by atoms with van der Waals surface area (Å²) in [6.07, 6.45) is 0. The zero-order valence-corrected chi connectivity index (χ0v) is 15.1. The molecule has 28 heavy (non-hydrogen) atoms. The summed E-state index contributed by atoms with van der Waals surface area (Å²) in [5, 5.41) is 2.92. The van der Waals surface area contributed by atoms with Gasteiger partial charge in [-0.3, -0.25) is 4.79 Å². The van der Waals surface area contributed by atoms with E-state index in [1.54, 1.807) is 24.3 Å². The fourth-order valence-electron chi connectivity index (χ4n) is 2.95. The molecular formula is C22H17N3O3. The molecule has 0 aliphatic heterocycles. The number of nitrogens with zero attached hydrogens (tertiary/aromatic N) is 1. The summed E-state index contributed by atoms with van der Waals surface area (Å²) in [6.45, 7) is 0. The Labute approximate surface area is 161 Å². The van der Waals surface area contributed by atoms with E-state index in [0.717, 1.165) is 16.6 Å². The number of carbonyl (C=O) groups is 2. The molecule has 0 radical (unpaired) electrons. The fraction of sp³-hybridized carbons (Fsp3) is 0.0455. The zero-order chi connectivity index (χ0) is 19.5. The lowest BCUT2D eigenvalue weighted by Gasteiger charge is -2.10. The van der Waals surface area contributed by atoms with E-state index in [0.29, 0.717) is 22.6 Å². The van der Waals surface area contributed by atoms with Crippen molar-refractivity contribution in [1.29, 1.82) is 0 Å². The molecule has 4 rings (SSSR count). The molecule has 1 amide bonds. The van der Waals surface area contributed by atoms with Gasteiger partial charge in [0.15, 0.2) is 0 Å². The Kier molecular flexibility index (Phi) is 4.60. The van der Waals surface area contributed by atoms with E-state index in [1.807, 2.05) is 48.5 Å². The van der Waals surface area contributed by atoms with E-state index in [4.69, 9.17) is 0 Å². The molecule has 0 aliphatic carbocycles. The van der Waals surface area contributed by atoms with Gasteiger partial charge < -0.3 is 15.0 Å². The highest BCUT2D eigenvalue weighted by atomic mass is 16.5. The zero-order valence-electron chi connectivity index (χ0n) is 15.1. The first-order valence-electron chi connectivity index (χ1n) is 8.69. The van der Waals surface area contributed by atoms with Gasteiger partial charge in [-0.25, -0.2) is 9.78 Å². The number of fused-ring (bicyclic) bond motifs is 1. The number of nitrogens with one attached hydrogen (secondary N) is 2. The third kappa shape index (κ3) is 3.35. The van der Waals surface area contributed by atoms with Crippen LogP contribution in [0, 0.1) is 0 Å². The molecule has 3 aromatic carbocycles. The minimum atomic E-state index is -0.442. The number of aromatic nitrogens is 2. The standard InChI is InChI=1S/C22H17N3O3/c1-28-22(27)15-12-10-14(11-13-15)21(26)25-17-7-3-2-6-16(17)20-23-18-8-4-5-9-19(18)24-20/h2-13H,1H3,(H,23,24)(H,25,26). The normalized spacial score (nSPS) is 10.6. The summed E-state index contributed by atoms with van der Waals surface area (Å²) in [7, 11) is 1.32. The molecule has 1 aromatic heterocycles. The van der Waals surface area contributed by atoms with Gasteiger partial charge >= 0.3 is 5.97 Å². The predicted octanol–water partition coefficient (Wildman–Crippen LogP) is 4.27. The van der Waals surface area contributed by atoms with Crippen molar-refractivity contribution in [2.45, 2.75) is 0 Å². The van der Waals surface area contributed by atoms with Gasteiger partial charge in [-0.1, -0.05) is 24.3 Å². The van der Waals surface area contributed by atoms with Crippen molar-refractivity contribution in [3.8, 4) is 11.4 Å². The first-order valence-corrected chi connectivity index (χ1v) is 8.69. The number of ether oxygens (including phenoxy) is 1. The number of carbonyl (C=O) groups excluding carboxylic acids is 2. The van der Waals surface area contributed by atoms with Crippen molar-refractivity contribution in [1.82, 2.24) is 9.97 Å². The van der Waals surface area contributed by atoms with Crippen LogP contribution in [0.4, 0.5) is 5.69 Å². The minimum Gasteiger partial charge on any atom is -0.465 e. The van der Waals surface area contributed by atoms with Crippen LogP contribution < -0.4 is 5.32 Å². The van der Waals surface area contributed by atoms with E-state index in [-0.39, 0.29) is 5.91 Å². The van der Waals surface area contributed by atoms with Crippen LogP contribution in [0.3, 0.4) is 0 Å². The van der Waals surface area contributed by atoms with Crippen molar-refractivity contribution >= 4 is 28.6 Å². The average molecular weight is 371 g/mol. The van der Waals surface area contributed by atoms with Gasteiger partial charge in [-0.15, -0.1) is 0 Å². The largest absolute Gasteiger partial charge is 0.465 e. The van der Waals surface area contributed by atoms with Gasteiger partial charge in [0.05, 0.1) is 29.4 Å². The summed E-state index contributed by atoms with van der Waals surface area (Å²) < 4.78 is 4.67. The van der Waals surface area contributed by atoms with Crippen LogP contribution in [0.25, 0.3) is 22.4 Å². The minimum absolute atomic E-state index is 0.278. The van der Waals surface area contributed by atoms with Gasteiger partial charge in [-0.05, 0) is 48.5 Å². The lowest BCUT2D eigenvalue weighted by atomic mass is 10.1. The number of H-pyrrole nitrogens is 1. The Morgan fingerprint density at radius 3 is 2.32 bits per heavy atom. The fourth-order valence-corrected chi connectivity index (χ4v) is 2.95. The van der Waals surface area contributed by atoms with Crippen LogP contribution in [0.15, 0.2) is 72.8 Å². The molecule has 4 aromatic rings. The van der Waals surface area contributed by atoms with Gasteiger partial charge in [-0.2, -0.15) is 0 Å². The summed E-state index contributed by atoms with van der Waals surface area (Å²) in [6, 6.07) is 21.5. The van der Waals surface area contributed by atoms with E-state index >= 15 is 0 Å². The van der Waals surface area contributed by atoms with Crippen molar-refractivity contribution < 1.29 is 14.3 Å². The van der Waals surface area contributed by atoms with Crippen LogP contribution >= 0.6 is 0 Å². The van der Waals surface area contributed by atoms with Crippen LogP contribution in [-0.4, -0.2) is 29.0 Å². The van der Waals surface area contributed by atoms with Crippen LogP contribution in [0.1, 0.15) is 20.7 Å². The third-order valence-corrected chi connectivity index (χ3v) is 4.39. The van der Waals surface area contributed by atoms with Gasteiger partial charge in [0.25, 0.3) is 5.91 Å². The highest BCUT2D eigenvalue weighted by molar-refractivity contribution is 6.06. The maximum atomic E-state index is 12.7. The number of imidazole rings is 1. The lowest BCUT2D eigenvalue weighted by Crippen LogP contribution is -2.13. The number of anilines is 1. The van der Waals surface area contributed by atoms with Crippen molar-refractivity contribution in [3.63, 3.8) is 0 Å². The summed E-state index contributed by atoms with van der Waals surface area (Å²) in [5.41, 5.74) is 4.05. The summed E-state index contributed by atoms with van der Waals surface area (Å²) in [4.78, 5) is 32.1. The molecule has 0 saturated carbocycles. The molecule has 0 spiro atoms. The monoisotopic (exact) mass is 371 g/mol. The first kappa shape index (κ1) is 17.5. The Balaban J connectivity index is 1.62. The van der Waals surface area contributed by atoms with E-state index in [9.17, 15) is 9.59 Å². The molecule has 0 fully saturated rings. The molecule has 0 saturated heterocycles. The SMILES string of the molecule is COC(=O)c1ccc(C(=O)Nc2ccccc2-c2nc3ccccc3[nH]2)cc1. The van der Waals surface area contributed by atoms with E-state index < -0.39 is 5.97 Å². The second-order valence-electron chi connectivity index (χ2n) is 6.17. The van der Waals surface area contributed by atoms with Gasteiger partial charge in [0.2, 0.25) is 0 Å². The Hall–Kier alpha value is -3.93. The molecule has 0 unspecified atom stereocenters. The number of benzene rings is 3. The third-order valence-electron chi connectivity index (χ3n) is 4.39. The Morgan fingerprint density at radius 2 is 1.57 bits per heavy atom. The van der Waals surface area contributed by atoms with Crippen molar-refractivity contribution in [2.24, 2.45) is 0 Å². The number of esters is 1. The van der Waals surface area contributed by atoms with E-state index in [1.165, 1.54) is 7.11 Å². The molecule has 2 N–H and O–H groups in total. The highest BCUT2D eigenvalue weighted by Crippen LogP contribution is 2.28. The van der Waals surface area contributed by atoms with Crippen LogP contribution in [-0.2, 0) is 4.74 Å². The van der Waals surface area contributed by atoms with Crippen LogP contribution in [0.2, 0.25) is 0 Å². The molecule has 138 valence electrons. The van der Waals surface area contributed by atoms with Crippen molar-refractivity contribution in [2.75, 3.05) is 12.4 Å². The topological polar surface area (TPSA) is 84.1 Å². The number of amides is 1. The first-order chi connectivity index (χ1) is 13.7. The maximum Gasteiger partial charge on any atom is 0.337 e. The molecular weight excluding hydrogens is 354 g/mol. The number of hydrogen-bond donors (Lipinski definition) is 2. The quantitative estimate of drug-likeness (QED) is 0.525. The summed E-state index contributed by atoms with van der Waals surface area (Å²) >= 11 is 0. The molecule has 6 nitrogen and oxygen atoms in total. The number of hydrogen-bond acceptors (Lipinski definition) is 4. The van der Waals surface area contributed by atoms with Gasteiger partial charge in [0.1, 0.15) is 5.82 Å². The smallest absolute Gasteiger partial charge is 0.337 e. The molecule has 1 heterocycles. The second-order valence-corrected chi connectivity index (χ2v) is 6.17. The lowest BCUT2D eigenvalue weighted by molar-refractivity contribution is 0.0600. The van der Waals surface area contributed by atoms with E-state index in [2.05, 4.69) is 20.0 Å². The van der Waals surface area contributed by atoms with Gasteiger partial charge in [0, 0.05) is 11.1 Å². The second kappa shape index (κ2) is 7.36. The Bertz CT molecular complexity index is 1130. The molecule has 0 atom stereocenters. The summed E-state index contributed by atoms with van der Waals surface area (Å²) in [5.74, 6) is -0.0414. The van der Waals surface area contributed by atoms with Crippen molar-refractivity contribution in [3.05, 3.63) is 83.9 Å². The maximum absolute atomic E-state index is 12.7. The van der Waals surface area contributed by atoms with Crippen LogP contribution in [0.5, 0.6) is 0 Å². The number of aromatic amines is 1. The average Bonchev–Trinajstić information content (AvgIpc) is 3.17. The molecule has 0 bridgehead atoms. The Morgan fingerprint density at radius 1 is 0.893 bits per heavy atom. The predicted molar refractivity (Wildman–Crippen MR) is 107 cm³/mol. The highest BCUT2D eigenvalue weighted by Gasteiger charge is 2.14. The number of para-hydroxylation sites is 3.